The molecular formula is C13H24N2O. The van der Waals surface area contributed by atoms with Crippen molar-refractivity contribution in [2.45, 2.75) is 39.7 Å². The third kappa shape index (κ3) is 3.93. The van der Waals surface area contributed by atoms with E-state index in [0.717, 1.165) is 5.69 Å². The Morgan fingerprint density at radius 2 is 1.69 bits per heavy atom. The molecule has 0 aromatic heterocycles. The fourth-order valence-electron chi connectivity index (χ4n) is 1.38. The van der Waals surface area contributed by atoms with Crippen LogP contribution in [-0.2, 0) is 0 Å². The van der Waals surface area contributed by atoms with Crippen molar-refractivity contribution in [3.05, 3.63) is 29.8 Å². The first-order valence-electron chi connectivity index (χ1n) is 5.66. The molecule has 0 bridgehead atoms. The summed E-state index contributed by atoms with van der Waals surface area (Å²) in [6.45, 7) is 8.16. The van der Waals surface area contributed by atoms with E-state index in [4.69, 9.17) is 0 Å². The second kappa shape index (κ2) is 5.54. The molecule has 0 saturated heterocycles. The van der Waals surface area contributed by atoms with Crippen molar-refractivity contribution >= 4 is 11.7 Å². The van der Waals surface area contributed by atoms with Crippen molar-refractivity contribution in [3.8, 4) is 0 Å². The molecule has 3 heteroatoms. The molecule has 2 amide bonds. The van der Waals surface area contributed by atoms with Crippen LogP contribution in [0.25, 0.3) is 0 Å². The van der Waals surface area contributed by atoms with Crippen LogP contribution in [0.2, 0.25) is 0 Å². The smallest absolute Gasteiger partial charge is 0.319 e. The van der Waals surface area contributed by atoms with Crippen LogP contribution in [0.3, 0.4) is 0 Å². The maximum absolute atomic E-state index is 11.4. The Hall–Kier alpha value is -1.51. The zero-order chi connectivity index (χ0) is 12.1. The zero-order valence-electron chi connectivity index (χ0n) is 10.4. The lowest BCUT2D eigenvalue weighted by atomic mass is 10.0. The summed E-state index contributed by atoms with van der Waals surface area (Å²) in [6.07, 6.45) is 0. The van der Waals surface area contributed by atoms with Gasteiger partial charge in [-0.15, -0.1) is 0 Å². The summed E-state index contributed by atoms with van der Waals surface area (Å²) in [7, 11) is 0. The number of hydrogen-bond acceptors (Lipinski definition) is 1. The number of hydrogen-bond donors (Lipinski definition) is 2. The molecule has 0 heterocycles. The molecule has 0 aliphatic heterocycles. The summed E-state index contributed by atoms with van der Waals surface area (Å²) in [5.41, 5.74) is 2.09. The van der Waals surface area contributed by atoms with Crippen LogP contribution in [-0.4, -0.2) is 12.1 Å². The van der Waals surface area contributed by atoms with Crippen molar-refractivity contribution in [1.29, 1.82) is 0 Å². The molecule has 1 aromatic rings. The van der Waals surface area contributed by atoms with E-state index in [9.17, 15) is 4.79 Å². The third-order valence-electron chi connectivity index (χ3n) is 2.25. The fourth-order valence-corrected chi connectivity index (χ4v) is 1.38. The largest absolute Gasteiger partial charge is 0.336 e. The Kier molecular flexibility index (Phi) is 4.35. The van der Waals surface area contributed by atoms with Crippen molar-refractivity contribution < 1.29 is 7.65 Å². The number of anilines is 1. The number of benzene rings is 1. The van der Waals surface area contributed by atoms with Crippen LogP contribution in [0.15, 0.2) is 24.3 Å². The molecule has 0 spiro atoms. The summed E-state index contributed by atoms with van der Waals surface area (Å²) in [5.74, 6) is 0.513. The molecule has 0 radical (unpaired) electrons. The van der Waals surface area contributed by atoms with Gasteiger partial charge in [0, 0.05) is 14.6 Å². The van der Waals surface area contributed by atoms with Crippen LogP contribution in [0.5, 0.6) is 0 Å². The van der Waals surface area contributed by atoms with E-state index in [1.54, 1.807) is 0 Å². The molecule has 0 aliphatic rings. The number of carbonyl (C=O) groups is 1. The molecule has 0 fully saturated rings. The van der Waals surface area contributed by atoms with Crippen molar-refractivity contribution in [1.82, 2.24) is 5.32 Å². The molecule has 0 aliphatic carbocycles. The van der Waals surface area contributed by atoms with Crippen molar-refractivity contribution in [2.75, 3.05) is 5.32 Å². The van der Waals surface area contributed by atoms with E-state index in [0.29, 0.717) is 5.92 Å². The maximum atomic E-state index is 11.4. The van der Waals surface area contributed by atoms with E-state index >= 15 is 0 Å². The second-order valence-electron chi connectivity index (χ2n) is 4.53. The Morgan fingerprint density at radius 1 is 1.12 bits per heavy atom. The maximum Gasteiger partial charge on any atom is 0.319 e. The minimum Gasteiger partial charge on any atom is -0.336 e. The van der Waals surface area contributed by atoms with E-state index in [1.165, 1.54) is 5.56 Å². The quantitative estimate of drug-likeness (QED) is 0.805. The van der Waals surface area contributed by atoms with Gasteiger partial charge in [-0.3, -0.25) is 0 Å². The van der Waals surface area contributed by atoms with Gasteiger partial charge in [-0.25, -0.2) is 4.79 Å². The number of carbonyl (C=O) groups excluding carboxylic acids is 1. The highest BCUT2D eigenvalue weighted by molar-refractivity contribution is 5.89. The second-order valence-corrected chi connectivity index (χ2v) is 4.53. The van der Waals surface area contributed by atoms with Crippen molar-refractivity contribution in [2.24, 2.45) is 0 Å². The molecule has 0 atom stereocenters. The van der Waals surface area contributed by atoms with Crippen LogP contribution in [0, 0.1) is 0 Å². The number of rotatable bonds is 3. The molecule has 1 aromatic carbocycles. The van der Waals surface area contributed by atoms with Crippen LogP contribution < -0.4 is 10.6 Å². The average molecular weight is 224 g/mol. The Morgan fingerprint density at radius 3 is 2.12 bits per heavy atom. The lowest BCUT2D eigenvalue weighted by Gasteiger charge is -2.11. The standard InChI is InChI=1S/C13H20N2O.2H2/c1-9(2)11-5-7-12(8-6-11)15-13(16)14-10(3)4;;/h5-10H,1-4H3,(H2,14,15,16);2*1H. The van der Waals surface area contributed by atoms with E-state index in [2.05, 4.69) is 24.5 Å². The minimum atomic E-state index is -0.160. The molecule has 2 N–H and O–H groups in total. The summed E-state index contributed by atoms with van der Waals surface area (Å²) < 4.78 is 0. The van der Waals surface area contributed by atoms with Gasteiger partial charge in [-0.05, 0) is 37.5 Å². The van der Waals surface area contributed by atoms with Gasteiger partial charge >= 0.3 is 6.03 Å². The molecule has 1 rings (SSSR count). The highest BCUT2D eigenvalue weighted by atomic mass is 16.2. The molecule has 3 nitrogen and oxygen atoms in total. The zero-order valence-corrected chi connectivity index (χ0v) is 10.4. The first-order chi connectivity index (χ1) is 7.49. The summed E-state index contributed by atoms with van der Waals surface area (Å²) >= 11 is 0. The first kappa shape index (κ1) is 12.6. The number of urea groups is 1. The molecule has 16 heavy (non-hydrogen) atoms. The molecule has 92 valence electrons. The van der Waals surface area contributed by atoms with Gasteiger partial charge in [0.2, 0.25) is 0 Å². The minimum absolute atomic E-state index is 0. The van der Waals surface area contributed by atoms with E-state index < -0.39 is 0 Å². The first-order valence-corrected chi connectivity index (χ1v) is 5.66. The molecular weight excluding hydrogens is 200 g/mol. The van der Waals surface area contributed by atoms with Crippen LogP contribution in [0.1, 0.15) is 42.0 Å². The van der Waals surface area contributed by atoms with Gasteiger partial charge in [-0.1, -0.05) is 26.0 Å². The Labute approximate surface area is 100 Å². The van der Waals surface area contributed by atoms with Gasteiger partial charge in [0.05, 0.1) is 0 Å². The predicted octanol–water partition coefficient (Wildman–Crippen LogP) is 3.83. The third-order valence-corrected chi connectivity index (χ3v) is 2.25. The fraction of sp³-hybridized carbons (Fsp3) is 0.462. The highest BCUT2D eigenvalue weighted by Crippen LogP contribution is 2.16. The Bertz CT molecular complexity index is 351. The van der Waals surface area contributed by atoms with Gasteiger partial charge in [0.25, 0.3) is 0 Å². The number of nitrogens with one attached hydrogen (secondary N) is 2. The van der Waals surface area contributed by atoms with Crippen LogP contribution >= 0.6 is 0 Å². The lowest BCUT2D eigenvalue weighted by molar-refractivity contribution is 0.250. The van der Waals surface area contributed by atoms with Gasteiger partial charge in [-0.2, -0.15) is 0 Å². The summed E-state index contributed by atoms with van der Waals surface area (Å²) in [4.78, 5) is 11.4. The Balaban J connectivity index is 0. The lowest BCUT2D eigenvalue weighted by Crippen LogP contribution is -2.34. The predicted molar refractivity (Wildman–Crippen MR) is 72.0 cm³/mol. The van der Waals surface area contributed by atoms with Crippen molar-refractivity contribution in [3.63, 3.8) is 0 Å². The SMILES string of the molecule is CC(C)NC(=O)Nc1ccc(C(C)C)cc1.[HH].[HH]. The molecule has 0 saturated carbocycles. The highest BCUT2D eigenvalue weighted by Gasteiger charge is 2.03. The summed E-state index contributed by atoms with van der Waals surface area (Å²) in [5, 5.41) is 5.57. The monoisotopic (exact) mass is 224 g/mol. The average Bonchev–Trinajstić information content (AvgIpc) is 2.16. The molecule has 0 unspecified atom stereocenters. The van der Waals surface area contributed by atoms with Gasteiger partial charge in [0.15, 0.2) is 0 Å². The van der Waals surface area contributed by atoms with E-state index in [1.807, 2.05) is 38.1 Å². The van der Waals surface area contributed by atoms with Gasteiger partial charge < -0.3 is 10.6 Å². The topological polar surface area (TPSA) is 41.1 Å². The number of amides is 2. The summed E-state index contributed by atoms with van der Waals surface area (Å²) in [6, 6.07) is 7.91. The van der Waals surface area contributed by atoms with E-state index in [-0.39, 0.29) is 14.9 Å². The van der Waals surface area contributed by atoms with Crippen LogP contribution in [0.4, 0.5) is 10.5 Å². The normalized spacial score (nSPS) is 10.6. The van der Waals surface area contributed by atoms with Gasteiger partial charge in [0.1, 0.15) is 0 Å².